The third-order valence-electron chi connectivity index (χ3n) is 11.9. The molecule has 0 amide bonds. The Morgan fingerprint density at radius 2 is 1.02 bits per heavy atom. The van der Waals surface area contributed by atoms with Crippen LogP contribution in [0, 0.1) is 0 Å². The molecule has 12 rings (SSSR count). The first kappa shape index (κ1) is 31.4. The van der Waals surface area contributed by atoms with Crippen LogP contribution in [-0.4, -0.2) is 0 Å². The molecule has 0 bridgehead atoms. The summed E-state index contributed by atoms with van der Waals surface area (Å²) in [5.41, 5.74) is 12.3. The Bertz CT molecular complexity index is 3280. The summed E-state index contributed by atoms with van der Waals surface area (Å²) in [5, 5.41) is 7.35. The van der Waals surface area contributed by atoms with E-state index in [0.717, 1.165) is 39.0 Å². The molecule has 0 unspecified atom stereocenters. The molecule has 0 aliphatic heterocycles. The molecule has 3 heteroatoms. The van der Waals surface area contributed by atoms with Crippen LogP contribution < -0.4 is 4.90 Å². The van der Waals surface area contributed by atoms with Crippen LogP contribution in [0.15, 0.2) is 205 Å². The largest absolute Gasteiger partial charge is 0.456 e. The minimum absolute atomic E-state index is 0.459. The molecule has 56 heavy (non-hydrogen) atoms. The van der Waals surface area contributed by atoms with Crippen LogP contribution in [0.5, 0.6) is 0 Å². The molecule has 0 saturated carbocycles. The second-order valence-corrected chi connectivity index (χ2v) is 15.8. The molecule has 2 aromatic heterocycles. The number of benzene rings is 9. The molecular formula is C53H33NOS. The fourth-order valence-electron chi connectivity index (χ4n) is 9.54. The summed E-state index contributed by atoms with van der Waals surface area (Å²) in [5.74, 6) is 0. The van der Waals surface area contributed by atoms with Crippen LogP contribution in [-0.2, 0) is 5.41 Å². The van der Waals surface area contributed by atoms with Crippen molar-refractivity contribution in [2.75, 3.05) is 4.90 Å². The number of para-hydroxylation sites is 1. The summed E-state index contributed by atoms with van der Waals surface area (Å²) in [6.45, 7) is 0. The van der Waals surface area contributed by atoms with Crippen molar-refractivity contribution in [2.45, 2.75) is 5.41 Å². The van der Waals surface area contributed by atoms with Gasteiger partial charge in [-0.2, -0.15) is 0 Å². The van der Waals surface area contributed by atoms with Gasteiger partial charge < -0.3 is 9.32 Å². The highest BCUT2D eigenvalue weighted by atomic mass is 32.1. The number of nitrogens with zero attached hydrogens (tertiary/aromatic N) is 1. The van der Waals surface area contributed by atoms with Crippen molar-refractivity contribution in [1.29, 1.82) is 0 Å². The number of hydrogen-bond donors (Lipinski definition) is 0. The van der Waals surface area contributed by atoms with Crippen LogP contribution in [0.1, 0.15) is 22.3 Å². The molecule has 262 valence electrons. The van der Waals surface area contributed by atoms with Gasteiger partial charge in [0.1, 0.15) is 11.2 Å². The van der Waals surface area contributed by atoms with Gasteiger partial charge in [-0.05, 0) is 86.6 Å². The highest BCUT2D eigenvalue weighted by Gasteiger charge is 2.46. The molecule has 0 spiro atoms. The average molecular weight is 732 g/mol. The van der Waals surface area contributed by atoms with Gasteiger partial charge in [-0.3, -0.25) is 0 Å². The van der Waals surface area contributed by atoms with Gasteiger partial charge in [0.25, 0.3) is 0 Å². The van der Waals surface area contributed by atoms with E-state index in [4.69, 9.17) is 4.42 Å². The van der Waals surface area contributed by atoms with Crippen LogP contribution >= 0.6 is 11.3 Å². The normalized spacial score (nSPS) is 13.1. The first-order valence-corrected chi connectivity index (χ1v) is 20.0. The number of rotatable bonds is 5. The lowest BCUT2D eigenvalue weighted by molar-refractivity contribution is 0.669. The van der Waals surface area contributed by atoms with Crippen LogP contribution in [0.2, 0.25) is 0 Å². The third kappa shape index (κ3) is 4.38. The maximum atomic E-state index is 6.34. The molecule has 11 aromatic rings. The number of fused-ring (bicyclic) bond motifs is 11. The predicted molar refractivity (Wildman–Crippen MR) is 236 cm³/mol. The summed E-state index contributed by atoms with van der Waals surface area (Å²) in [6, 6.07) is 73.3. The lowest BCUT2D eigenvalue weighted by Crippen LogP contribution is -2.28. The van der Waals surface area contributed by atoms with Gasteiger partial charge in [0, 0.05) is 37.6 Å². The van der Waals surface area contributed by atoms with Crippen LogP contribution in [0.3, 0.4) is 0 Å². The summed E-state index contributed by atoms with van der Waals surface area (Å²) < 4.78 is 8.92. The minimum atomic E-state index is -0.459. The highest BCUT2D eigenvalue weighted by molar-refractivity contribution is 7.27. The minimum Gasteiger partial charge on any atom is -0.456 e. The lowest BCUT2D eigenvalue weighted by Gasteiger charge is -2.34. The van der Waals surface area contributed by atoms with Gasteiger partial charge >= 0.3 is 0 Å². The fraction of sp³-hybridized carbons (Fsp3) is 0.0189. The number of anilines is 3. The Hall–Kier alpha value is -6.94. The first-order chi connectivity index (χ1) is 27.8. The van der Waals surface area contributed by atoms with Crippen LogP contribution in [0.4, 0.5) is 17.1 Å². The molecule has 9 aromatic carbocycles. The molecule has 0 saturated heterocycles. The zero-order valence-electron chi connectivity index (χ0n) is 30.3. The van der Waals surface area contributed by atoms with E-state index in [1.54, 1.807) is 0 Å². The van der Waals surface area contributed by atoms with Gasteiger partial charge in [0.15, 0.2) is 0 Å². The smallest absolute Gasteiger partial charge is 0.135 e. The number of hydrogen-bond acceptors (Lipinski definition) is 3. The highest BCUT2D eigenvalue weighted by Crippen LogP contribution is 2.57. The Kier molecular flexibility index (Phi) is 6.75. The molecule has 1 aliphatic carbocycles. The lowest BCUT2D eigenvalue weighted by atomic mass is 9.68. The van der Waals surface area contributed by atoms with E-state index in [2.05, 4.69) is 199 Å². The van der Waals surface area contributed by atoms with E-state index in [9.17, 15) is 0 Å². The zero-order chi connectivity index (χ0) is 36.8. The summed E-state index contributed by atoms with van der Waals surface area (Å²) in [4.78, 5) is 2.47. The van der Waals surface area contributed by atoms with Crippen molar-refractivity contribution >= 4 is 81.3 Å². The Morgan fingerprint density at radius 1 is 0.393 bits per heavy atom. The second kappa shape index (κ2) is 12.0. The predicted octanol–water partition coefficient (Wildman–Crippen LogP) is 14.9. The standard InChI is InChI=1S/C53H33NOS/c1-3-15-35(16-4-1)53(36-17-5-2-6-18-36)46-23-11-9-20-40(46)44-32-37(27-30-47(44)53)54(38-28-31-50-45(33-38)41-21-10-12-25-49(41)55-50)48-24-13-22-42-43-29-26-34-14-7-8-19-39(34)51(43)56-52(42)48/h1-33H. The molecule has 0 N–H and O–H groups in total. The van der Waals surface area contributed by atoms with E-state index in [1.165, 1.54) is 64.3 Å². The van der Waals surface area contributed by atoms with Gasteiger partial charge in [-0.1, -0.05) is 158 Å². The molecule has 0 atom stereocenters. The number of thiophene rings is 1. The fourth-order valence-corrected chi connectivity index (χ4v) is 10.9. The molecule has 2 nitrogen and oxygen atoms in total. The average Bonchev–Trinajstić information content (AvgIpc) is 3.93. The van der Waals surface area contributed by atoms with Gasteiger partial charge in [0.05, 0.1) is 15.8 Å². The Balaban J connectivity index is 1.15. The summed E-state index contributed by atoms with van der Waals surface area (Å²) in [6.07, 6.45) is 0. The van der Waals surface area contributed by atoms with E-state index >= 15 is 0 Å². The maximum absolute atomic E-state index is 6.34. The molecule has 2 heterocycles. The van der Waals surface area contributed by atoms with Crippen molar-refractivity contribution in [3.05, 3.63) is 222 Å². The maximum Gasteiger partial charge on any atom is 0.135 e. The Morgan fingerprint density at radius 3 is 1.86 bits per heavy atom. The quantitative estimate of drug-likeness (QED) is 0.175. The van der Waals surface area contributed by atoms with Gasteiger partial charge in [-0.25, -0.2) is 0 Å². The van der Waals surface area contributed by atoms with Crippen molar-refractivity contribution in [2.24, 2.45) is 0 Å². The monoisotopic (exact) mass is 731 g/mol. The van der Waals surface area contributed by atoms with Crippen molar-refractivity contribution < 1.29 is 4.42 Å². The summed E-state index contributed by atoms with van der Waals surface area (Å²) >= 11 is 1.89. The molecule has 0 fully saturated rings. The third-order valence-corrected chi connectivity index (χ3v) is 13.2. The van der Waals surface area contributed by atoms with Gasteiger partial charge in [-0.15, -0.1) is 11.3 Å². The first-order valence-electron chi connectivity index (χ1n) is 19.2. The van der Waals surface area contributed by atoms with Crippen LogP contribution in [0.25, 0.3) is 64.0 Å². The second-order valence-electron chi connectivity index (χ2n) is 14.8. The van der Waals surface area contributed by atoms with Crippen molar-refractivity contribution in [1.82, 2.24) is 0 Å². The van der Waals surface area contributed by atoms with Crippen molar-refractivity contribution in [3.63, 3.8) is 0 Å². The molecule has 0 radical (unpaired) electrons. The van der Waals surface area contributed by atoms with E-state index in [0.29, 0.717) is 0 Å². The SMILES string of the molecule is c1ccc(C2(c3ccccc3)c3ccccc3-c3cc(N(c4ccc5oc6ccccc6c5c4)c4cccc5c4sc4c6ccccc6ccc54)ccc32)cc1. The van der Waals surface area contributed by atoms with Crippen molar-refractivity contribution in [3.8, 4) is 11.1 Å². The molecule has 1 aliphatic rings. The number of furan rings is 1. The topological polar surface area (TPSA) is 16.4 Å². The molecular weight excluding hydrogens is 699 g/mol. The van der Waals surface area contributed by atoms with Gasteiger partial charge in [0.2, 0.25) is 0 Å². The summed E-state index contributed by atoms with van der Waals surface area (Å²) in [7, 11) is 0. The Labute approximate surface area is 328 Å². The zero-order valence-corrected chi connectivity index (χ0v) is 31.1. The van der Waals surface area contributed by atoms with E-state index in [-0.39, 0.29) is 0 Å². The van der Waals surface area contributed by atoms with E-state index < -0.39 is 5.41 Å². The van der Waals surface area contributed by atoms with E-state index in [1.807, 2.05) is 17.4 Å².